The molecule has 0 unspecified atom stereocenters. The summed E-state index contributed by atoms with van der Waals surface area (Å²) in [5.41, 5.74) is 6.98. The predicted molar refractivity (Wildman–Crippen MR) is 75.6 cm³/mol. The van der Waals surface area contributed by atoms with E-state index in [9.17, 15) is 4.79 Å². The van der Waals surface area contributed by atoms with Crippen LogP contribution < -0.4 is 5.73 Å². The molecule has 2 aromatic rings. The minimum Gasteiger partial charge on any atom is -0.460 e. The van der Waals surface area contributed by atoms with Crippen LogP contribution >= 0.6 is 0 Å². The van der Waals surface area contributed by atoms with Crippen LogP contribution in [0.5, 0.6) is 0 Å². The third-order valence-corrected chi connectivity index (χ3v) is 2.22. The number of aromatic nitrogens is 1. The number of ether oxygens (including phenoxy) is 1. The number of carbonyl (C=O) groups excluding carboxylic acids is 1. The summed E-state index contributed by atoms with van der Waals surface area (Å²) in [7, 11) is 0. The van der Waals surface area contributed by atoms with Crippen molar-refractivity contribution in [3.8, 4) is 0 Å². The Kier molecular flexibility index (Phi) is 5.63. The van der Waals surface area contributed by atoms with Gasteiger partial charge in [0.05, 0.1) is 6.61 Å². The van der Waals surface area contributed by atoms with Gasteiger partial charge in [0, 0.05) is 16.5 Å². The van der Waals surface area contributed by atoms with Gasteiger partial charge in [0.1, 0.15) is 12.4 Å². The molecule has 0 aliphatic rings. The number of aliphatic hydroxyl groups excluding tert-OH is 1. The molecular weight excluding hydrogens is 244 g/mol. The molecule has 0 amide bonds. The number of nitrogens with two attached hydrogens (primary N) is 1. The highest BCUT2D eigenvalue weighted by molar-refractivity contribution is 5.86. The van der Waals surface area contributed by atoms with Gasteiger partial charge in [0.25, 0.3) is 0 Å². The first kappa shape index (κ1) is 14.8. The highest BCUT2D eigenvalue weighted by Gasteiger charge is 1.99. The van der Waals surface area contributed by atoms with Crippen molar-refractivity contribution in [2.24, 2.45) is 0 Å². The number of fused-ring (bicyclic) bond motifs is 1. The van der Waals surface area contributed by atoms with Crippen LogP contribution in [-0.4, -0.2) is 29.3 Å². The molecule has 102 valence electrons. The number of rotatable bonds is 3. The van der Waals surface area contributed by atoms with E-state index < -0.39 is 5.97 Å². The molecule has 0 fully saturated rings. The second-order valence-corrected chi connectivity index (χ2v) is 3.95. The van der Waals surface area contributed by atoms with E-state index in [1.165, 1.54) is 5.39 Å². The van der Waals surface area contributed by atoms with E-state index in [4.69, 9.17) is 10.8 Å². The minimum atomic E-state index is -0.455. The Hall–Kier alpha value is -2.27. The summed E-state index contributed by atoms with van der Waals surface area (Å²) in [6.45, 7) is 4.81. The zero-order valence-corrected chi connectivity index (χ0v) is 10.8. The number of hydrogen-bond acceptors (Lipinski definition) is 4. The molecule has 5 heteroatoms. The fourth-order valence-electron chi connectivity index (χ4n) is 1.36. The number of nitrogens with one attached hydrogen (secondary N) is 1. The first-order valence-electron chi connectivity index (χ1n) is 5.81. The number of esters is 1. The Morgan fingerprint density at radius 2 is 2.16 bits per heavy atom. The number of carbonyl (C=O) groups is 1. The van der Waals surface area contributed by atoms with Gasteiger partial charge in [-0.05, 0) is 19.1 Å². The molecule has 1 aromatic carbocycles. The van der Waals surface area contributed by atoms with Crippen LogP contribution in [0.1, 0.15) is 6.92 Å². The van der Waals surface area contributed by atoms with E-state index in [1.54, 1.807) is 6.92 Å². The molecule has 0 saturated heterocycles. The van der Waals surface area contributed by atoms with Crippen LogP contribution in [0.3, 0.4) is 0 Å². The van der Waals surface area contributed by atoms with Crippen molar-refractivity contribution in [2.75, 3.05) is 18.9 Å². The lowest BCUT2D eigenvalue weighted by atomic mass is 10.3. The normalized spacial score (nSPS) is 9.58. The zero-order chi connectivity index (χ0) is 14.3. The summed E-state index contributed by atoms with van der Waals surface area (Å²) >= 11 is 0. The van der Waals surface area contributed by atoms with Gasteiger partial charge in [-0.15, -0.1) is 0 Å². The molecule has 19 heavy (non-hydrogen) atoms. The van der Waals surface area contributed by atoms with Crippen molar-refractivity contribution in [1.82, 2.24) is 4.98 Å². The van der Waals surface area contributed by atoms with Crippen molar-refractivity contribution >= 4 is 22.7 Å². The van der Waals surface area contributed by atoms with Crippen LogP contribution in [-0.2, 0) is 9.53 Å². The van der Waals surface area contributed by atoms with Gasteiger partial charge in [0.15, 0.2) is 0 Å². The Morgan fingerprint density at radius 1 is 1.47 bits per heavy atom. The first-order valence-corrected chi connectivity index (χ1v) is 5.81. The van der Waals surface area contributed by atoms with Crippen LogP contribution in [0.15, 0.2) is 42.5 Å². The van der Waals surface area contributed by atoms with E-state index in [1.807, 2.05) is 30.3 Å². The fourth-order valence-corrected chi connectivity index (χ4v) is 1.36. The molecule has 1 aromatic heterocycles. The average Bonchev–Trinajstić information content (AvgIpc) is 2.76. The van der Waals surface area contributed by atoms with Crippen molar-refractivity contribution in [2.45, 2.75) is 6.92 Å². The third-order valence-electron chi connectivity index (χ3n) is 2.22. The molecule has 0 spiro atoms. The zero-order valence-electron chi connectivity index (χ0n) is 10.8. The molecule has 0 aliphatic heterocycles. The predicted octanol–water partition coefficient (Wildman–Crippen LogP) is 1.85. The fraction of sp³-hybridized carbons (Fsp3) is 0.214. The molecule has 5 nitrogen and oxygen atoms in total. The standard InChI is InChI=1S/C8H8N2.C6H10O3/c9-8-5-6-3-1-2-4-7(6)10-8;1-5(2)6(8)9-4-3-7/h1-5,10H,9H2;7H,1,3-4H2,2H3. The number of aromatic amines is 1. The van der Waals surface area contributed by atoms with E-state index in [-0.39, 0.29) is 13.2 Å². The summed E-state index contributed by atoms with van der Waals surface area (Å²) in [5, 5.41) is 9.36. The van der Waals surface area contributed by atoms with Crippen molar-refractivity contribution in [3.63, 3.8) is 0 Å². The van der Waals surface area contributed by atoms with Crippen molar-refractivity contribution < 1.29 is 14.6 Å². The largest absolute Gasteiger partial charge is 0.460 e. The molecule has 0 atom stereocenters. The summed E-state index contributed by atoms with van der Waals surface area (Å²) in [4.78, 5) is 13.5. The number of benzene rings is 1. The van der Waals surface area contributed by atoms with E-state index in [0.717, 1.165) is 11.3 Å². The van der Waals surface area contributed by atoms with Gasteiger partial charge >= 0.3 is 5.97 Å². The molecular formula is C14H18N2O3. The maximum atomic E-state index is 10.5. The van der Waals surface area contributed by atoms with Gasteiger partial charge in [-0.25, -0.2) is 4.79 Å². The Morgan fingerprint density at radius 3 is 2.74 bits per heavy atom. The maximum Gasteiger partial charge on any atom is 0.333 e. The van der Waals surface area contributed by atoms with Gasteiger partial charge in [0.2, 0.25) is 0 Å². The molecule has 2 rings (SSSR count). The monoisotopic (exact) mass is 262 g/mol. The lowest BCUT2D eigenvalue weighted by molar-refractivity contribution is -0.139. The minimum absolute atomic E-state index is 0.0473. The lowest BCUT2D eigenvalue weighted by Gasteiger charge is -1.99. The molecule has 1 heterocycles. The molecule has 0 bridgehead atoms. The summed E-state index contributed by atoms with van der Waals surface area (Å²) in [6, 6.07) is 9.94. The first-order chi connectivity index (χ1) is 9.04. The molecule has 0 aliphatic carbocycles. The molecule has 0 saturated carbocycles. The van der Waals surface area contributed by atoms with Gasteiger partial charge in [-0.2, -0.15) is 0 Å². The Labute approximate surface area is 111 Å². The molecule has 4 N–H and O–H groups in total. The van der Waals surface area contributed by atoms with Crippen LogP contribution in [0, 0.1) is 0 Å². The SMILES string of the molecule is C=C(C)C(=O)OCCO.Nc1cc2ccccc2[nH]1. The maximum absolute atomic E-state index is 10.5. The second kappa shape index (κ2) is 7.23. The number of hydrogen-bond donors (Lipinski definition) is 3. The third kappa shape index (κ3) is 4.85. The quantitative estimate of drug-likeness (QED) is 0.582. The number of H-pyrrole nitrogens is 1. The number of nitrogen functional groups attached to an aromatic ring is 1. The highest BCUT2D eigenvalue weighted by atomic mass is 16.5. The van der Waals surface area contributed by atoms with E-state index >= 15 is 0 Å². The van der Waals surface area contributed by atoms with Crippen LogP contribution in [0.4, 0.5) is 5.82 Å². The number of anilines is 1. The summed E-state index contributed by atoms with van der Waals surface area (Å²) in [5.74, 6) is 0.269. The lowest BCUT2D eigenvalue weighted by Crippen LogP contribution is -2.08. The summed E-state index contributed by atoms with van der Waals surface area (Å²) < 4.78 is 4.46. The van der Waals surface area contributed by atoms with Crippen LogP contribution in [0.25, 0.3) is 10.9 Å². The number of aliphatic hydroxyl groups is 1. The van der Waals surface area contributed by atoms with Crippen molar-refractivity contribution in [3.05, 3.63) is 42.5 Å². The van der Waals surface area contributed by atoms with E-state index in [0.29, 0.717) is 5.57 Å². The van der Waals surface area contributed by atoms with Crippen LogP contribution in [0.2, 0.25) is 0 Å². The number of para-hydroxylation sites is 1. The van der Waals surface area contributed by atoms with Crippen molar-refractivity contribution in [1.29, 1.82) is 0 Å². The smallest absolute Gasteiger partial charge is 0.333 e. The van der Waals surface area contributed by atoms with Gasteiger partial charge in [-0.1, -0.05) is 24.8 Å². The van der Waals surface area contributed by atoms with Gasteiger partial charge in [-0.3, -0.25) is 0 Å². The Balaban J connectivity index is 0.000000192. The Bertz CT molecular complexity index is 528. The topological polar surface area (TPSA) is 88.3 Å². The van der Waals surface area contributed by atoms with Gasteiger partial charge < -0.3 is 20.6 Å². The average molecular weight is 262 g/mol. The molecule has 0 radical (unpaired) electrons. The summed E-state index contributed by atoms with van der Waals surface area (Å²) in [6.07, 6.45) is 0. The second-order valence-electron chi connectivity index (χ2n) is 3.95. The van der Waals surface area contributed by atoms with E-state index in [2.05, 4.69) is 16.3 Å². The highest BCUT2D eigenvalue weighted by Crippen LogP contribution is 2.14.